The number of hydrogen-bond acceptors (Lipinski definition) is 5. The van der Waals surface area contributed by atoms with Crippen LogP contribution in [0.15, 0.2) is 30.3 Å². The van der Waals surface area contributed by atoms with Gasteiger partial charge in [-0.15, -0.1) is 0 Å². The largest absolute Gasteiger partial charge is 0.445 e. The van der Waals surface area contributed by atoms with E-state index in [1.165, 1.54) is 0 Å². The number of hydrogen-bond donors (Lipinski definition) is 1. The zero-order chi connectivity index (χ0) is 18.8. The second-order valence-corrected chi connectivity index (χ2v) is 8.80. The van der Waals surface area contributed by atoms with Crippen LogP contribution in [-0.2, 0) is 25.6 Å². The monoisotopic (exact) mass is 363 g/mol. The predicted molar refractivity (Wildman–Crippen MR) is 96.3 cm³/mol. The van der Waals surface area contributed by atoms with Crippen molar-refractivity contribution in [1.29, 1.82) is 0 Å². The van der Waals surface area contributed by atoms with Gasteiger partial charge < -0.3 is 24.3 Å². The van der Waals surface area contributed by atoms with Gasteiger partial charge in [0, 0.05) is 5.41 Å². The normalized spacial score (nSPS) is 29.2. The van der Waals surface area contributed by atoms with Crippen LogP contribution in [0.2, 0.25) is 0 Å². The molecule has 0 radical (unpaired) electrons. The van der Waals surface area contributed by atoms with E-state index >= 15 is 0 Å². The summed E-state index contributed by atoms with van der Waals surface area (Å²) in [5.74, 6) is -1.24. The molecule has 3 aliphatic heterocycles. The number of carbonyl (C=O) groups excluding carboxylic acids is 1. The lowest BCUT2D eigenvalue weighted by Crippen LogP contribution is -2.67. The van der Waals surface area contributed by atoms with Crippen molar-refractivity contribution in [2.24, 2.45) is 10.8 Å². The molecule has 6 heteroatoms. The van der Waals surface area contributed by atoms with E-state index < -0.39 is 18.1 Å². The van der Waals surface area contributed by atoms with Crippen LogP contribution in [0.1, 0.15) is 39.7 Å². The summed E-state index contributed by atoms with van der Waals surface area (Å²) in [5.41, 5.74) is 0.755. The maximum Gasteiger partial charge on any atom is 0.407 e. The molecular weight excluding hydrogens is 334 g/mol. The molecule has 1 aromatic rings. The third-order valence-electron chi connectivity index (χ3n) is 4.61. The van der Waals surface area contributed by atoms with E-state index in [0.29, 0.717) is 26.2 Å². The van der Waals surface area contributed by atoms with Crippen LogP contribution < -0.4 is 5.32 Å². The third-order valence-corrected chi connectivity index (χ3v) is 4.61. The highest BCUT2D eigenvalue weighted by molar-refractivity contribution is 5.67. The second-order valence-electron chi connectivity index (χ2n) is 8.80. The summed E-state index contributed by atoms with van der Waals surface area (Å²) in [4.78, 5) is 12.4. The number of carbonyl (C=O) groups is 1. The quantitative estimate of drug-likeness (QED) is 0.868. The molecule has 1 aromatic carbocycles. The topological polar surface area (TPSA) is 66.0 Å². The standard InChI is InChI=1S/C20H29NO5/c1-18(2,3)10-16(20-24-12-19(4,13-25-20)14-26-20)21-17(22)23-11-15-8-6-5-7-9-15/h5-9,16H,10-14H2,1-4H3,(H,21,22). The van der Waals surface area contributed by atoms with Crippen molar-refractivity contribution < 1.29 is 23.7 Å². The average Bonchev–Trinajstić information content (AvgIpc) is 2.60. The lowest BCUT2D eigenvalue weighted by molar-refractivity contribution is -0.475. The Morgan fingerprint density at radius 1 is 1.15 bits per heavy atom. The minimum atomic E-state index is -1.24. The molecule has 1 unspecified atom stereocenters. The van der Waals surface area contributed by atoms with Crippen LogP contribution in [0, 0.1) is 10.8 Å². The van der Waals surface area contributed by atoms with Crippen LogP contribution >= 0.6 is 0 Å². The van der Waals surface area contributed by atoms with E-state index in [1.807, 2.05) is 30.3 Å². The maximum atomic E-state index is 12.4. The van der Waals surface area contributed by atoms with Crippen molar-refractivity contribution in [2.75, 3.05) is 19.8 Å². The van der Waals surface area contributed by atoms with E-state index in [1.54, 1.807) is 0 Å². The molecule has 144 valence electrons. The van der Waals surface area contributed by atoms with Crippen LogP contribution in [-0.4, -0.2) is 37.9 Å². The van der Waals surface area contributed by atoms with Crippen molar-refractivity contribution in [1.82, 2.24) is 5.32 Å². The summed E-state index contributed by atoms with van der Waals surface area (Å²) in [6.07, 6.45) is 0.122. The van der Waals surface area contributed by atoms with E-state index in [9.17, 15) is 4.79 Å². The average molecular weight is 363 g/mol. The Kier molecular flexibility index (Phi) is 5.28. The van der Waals surface area contributed by atoms with Crippen LogP contribution in [0.4, 0.5) is 4.79 Å². The molecule has 6 nitrogen and oxygen atoms in total. The number of nitrogens with one attached hydrogen (secondary N) is 1. The van der Waals surface area contributed by atoms with Gasteiger partial charge in [-0.3, -0.25) is 0 Å². The number of alkyl carbamates (subject to hydrolysis) is 1. The highest BCUT2D eigenvalue weighted by atomic mass is 16.9. The van der Waals surface area contributed by atoms with Gasteiger partial charge in [0.2, 0.25) is 0 Å². The molecule has 0 aromatic heterocycles. The lowest BCUT2D eigenvalue weighted by Gasteiger charge is -2.53. The lowest BCUT2D eigenvalue weighted by atomic mass is 9.85. The smallest absolute Gasteiger partial charge is 0.407 e. The third kappa shape index (κ3) is 4.55. The molecule has 4 rings (SSSR count). The van der Waals surface area contributed by atoms with Crippen molar-refractivity contribution in [3.05, 3.63) is 35.9 Å². The van der Waals surface area contributed by atoms with Gasteiger partial charge in [0.15, 0.2) is 0 Å². The first-order valence-electron chi connectivity index (χ1n) is 9.09. The Morgan fingerprint density at radius 2 is 1.73 bits per heavy atom. The molecule has 1 atom stereocenters. The van der Waals surface area contributed by atoms with Crippen molar-refractivity contribution >= 4 is 6.09 Å². The fraction of sp³-hybridized carbons (Fsp3) is 0.650. The molecule has 3 saturated heterocycles. The van der Waals surface area contributed by atoms with Gasteiger partial charge in [0.25, 0.3) is 0 Å². The second kappa shape index (κ2) is 7.18. The molecule has 0 spiro atoms. The Balaban J connectivity index is 1.65. The Bertz CT molecular complexity index is 600. The van der Waals surface area contributed by atoms with Crippen LogP contribution in [0.3, 0.4) is 0 Å². The summed E-state index contributed by atoms with van der Waals surface area (Å²) >= 11 is 0. The van der Waals surface area contributed by atoms with Crippen LogP contribution in [0.5, 0.6) is 0 Å². The molecule has 26 heavy (non-hydrogen) atoms. The van der Waals surface area contributed by atoms with Gasteiger partial charge >= 0.3 is 12.1 Å². The Morgan fingerprint density at radius 3 is 2.27 bits per heavy atom. The fourth-order valence-corrected chi connectivity index (χ4v) is 3.16. The summed E-state index contributed by atoms with van der Waals surface area (Å²) in [6, 6.07) is 9.11. The first-order chi connectivity index (χ1) is 12.2. The molecule has 3 aliphatic rings. The highest BCUT2D eigenvalue weighted by Gasteiger charge is 2.56. The number of benzene rings is 1. The van der Waals surface area contributed by atoms with E-state index in [-0.39, 0.29) is 17.4 Å². The minimum absolute atomic E-state index is 0.0552. The van der Waals surface area contributed by atoms with Crippen molar-refractivity contribution in [2.45, 2.75) is 52.7 Å². The number of amides is 1. The summed E-state index contributed by atoms with van der Waals surface area (Å²) in [7, 11) is 0. The highest BCUT2D eigenvalue weighted by Crippen LogP contribution is 2.42. The molecule has 2 bridgehead atoms. The van der Waals surface area contributed by atoms with Gasteiger partial charge in [0.1, 0.15) is 12.6 Å². The van der Waals surface area contributed by atoms with Gasteiger partial charge in [-0.2, -0.15) is 0 Å². The zero-order valence-electron chi connectivity index (χ0n) is 16.0. The van der Waals surface area contributed by atoms with E-state index in [0.717, 1.165) is 5.56 Å². The van der Waals surface area contributed by atoms with Gasteiger partial charge in [0.05, 0.1) is 19.8 Å². The molecule has 3 heterocycles. The molecule has 0 aliphatic carbocycles. The predicted octanol–water partition coefficient (Wildman–Crippen LogP) is 3.45. The van der Waals surface area contributed by atoms with Crippen molar-refractivity contribution in [3.8, 4) is 0 Å². The molecule has 0 saturated carbocycles. The van der Waals surface area contributed by atoms with E-state index in [4.69, 9.17) is 18.9 Å². The summed E-state index contributed by atoms with van der Waals surface area (Å²) in [6.45, 7) is 10.2. The molecule has 1 amide bonds. The zero-order valence-corrected chi connectivity index (χ0v) is 16.0. The Hall–Kier alpha value is -1.63. The van der Waals surface area contributed by atoms with Gasteiger partial charge in [-0.05, 0) is 17.4 Å². The van der Waals surface area contributed by atoms with E-state index in [2.05, 4.69) is 33.0 Å². The van der Waals surface area contributed by atoms with Crippen LogP contribution in [0.25, 0.3) is 0 Å². The maximum absolute atomic E-state index is 12.4. The first kappa shape index (κ1) is 19.1. The molecular formula is C20H29NO5. The van der Waals surface area contributed by atoms with Gasteiger partial charge in [-0.25, -0.2) is 4.79 Å². The molecule has 1 N–H and O–H groups in total. The summed E-state index contributed by atoms with van der Waals surface area (Å²) in [5, 5.41) is 2.91. The number of ether oxygens (including phenoxy) is 4. The Labute approximate surface area is 155 Å². The molecule has 3 fully saturated rings. The fourth-order valence-electron chi connectivity index (χ4n) is 3.16. The van der Waals surface area contributed by atoms with Crippen molar-refractivity contribution in [3.63, 3.8) is 0 Å². The SMILES string of the molecule is CC(C)(C)CC(NC(=O)OCc1ccccc1)C12OCC(C)(CO1)CO2. The van der Waals surface area contributed by atoms with Gasteiger partial charge in [-0.1, -0.05) is 58.0 Å². The minimum Gasteiger partial charge on any atom is -0.445 e. The number of rotatable bonds is 5. The number of fused-ring (bicyclic) bond motifs is 3. The first-order valence-corrected chi connectivity index (χ1v) is 9.09. The summed E-state index contributed by atoms with van der Waals surface area (Å²) < 4.78 is 23.1.